The van der Waals surface area contributed by atoms with Crippen molar-refractivity contribution in [1.82, 2.24) is 4.90 Å². The van der Waals surface area contributed by atoms with Gasteiger partial charge in [-0.25, -0.2) is 4.79 Å². The van der Waals surface area contributed by atoms with Crippen molar-refractivity contribution in [3.05, 3.63) is 35.9 Å². The number of aliphatic hydroxyl groups excluding tert-OH is 1. The Morgan fingerprint density at radius 2 is 1.96 bits per heavy atom. The smallest absolute Gasteiger partial charge is 0.407 e. The largest absolute Gasteiger partial charge is 0.465 e. The van der Waals surface area contributed by atoms with Crippen molar-refractivity contribution in [2.45, 2.75) is 38.4 Å². The molecule has 2 unspecified atom stereocenters. The normalized spacial score (nSPS) is 25.5. The molecule has 2 N–H and O–H groups in total. The van der Waals surface area contributed by atoms with E-state index in [2.05, 4.69) is 0 Å². The molecular weight excluding hydrogens is 306 g/mol. The van der Waals surface area contributed by atoms with Crippen LogP contribution >= 0.6 is 0 Å². The molecule has 1 saturated carbocycles. The maximum Gasteiger partial charge on any atom is 0.407 e. The predicted molar refractivity (Wildman–Crippen MR) is 90.6 cm³/mol. The first-order valence-electron chi connectivity index (χ1n) is 8.91. The Morgan fingerprint density at radius 3 is 2.62 bits per heavy atom. The highest BCUT2D eigenvalue weighted by Crippen LogP contribution is 2.50. The third kappa shape index (κ3) is 4.71. The average molecular weight is 333 g/mol. The fourth-order valence-corrected chi connectivity index (χ4v) is 3.94. The molecule has 2 aliphatic rings. The third-order valence-corrected chi connectivity index (χ3v) is 5.39. The van der Waals surface area contributed by atoms with Crippen LogP contribution in [0.25, 0.3) is 0 Å². The highest BCUT2D eigenvalue weighted by atomic mass is 16.5. The van der Waals surface area contributed by atoms with Crippen LogP contribution in [0.1, 0.15) is 31.2 Å². The van der Waals surface area contributed by atoms with Crippen LogP contribution in [0.3, 0.4) is 0 Å². The Morgan fingerprint density at radius 1 is 1.25 bits per heavy atom. The minimum absolute atomic E-state index is 0.384. The van der Waals surface area contributed by atoms with Gasteiger partial charge < -0.3 is 19.8 Å². The van der Waals surface area contributed by atoms with E-state index < -0.39 is 12.2 Å². The molecule has 1 saturated heterocycles. The molecule has 3 rings (SSSR count). The van der Waals surface area contributed by atoms with Crippen molar-refractivity contribution >= 4 is 6.09 Å². The number of nitrogens with zero attached hydrogens (tertiary/aromatic N) is 1. The van der Waals surface area contributed by atoms with Crippen LogP contribution in [0.15, 0.2) is 30.3 Å². The summed E-state index contributed by atoms with van der Waals surface area (Å²) in [5.74, 6) is 1.88. The second kappa shape index (κ2) is 7.99. The van der Waals surface area contributed by atoms with Crippen LogP contribution in [0.2, 0.25) is 0 Å². The molecule has 0 aromatic heterocycles. The van der Waals surface area contributed by atoms with E-state index in [4.69, 9.17) is 9.84 Å². The summed E-state index contributed by atoms with van der Waals surface area (Å²) in [5.41, 5.74) is 1.12. The maximum atomic E-state index is 10.9. The van der Waals surface area contributed by atoms with Crippen molar-refractivity contribution < 1.29 is 19.7 Å². The highest BCUT2D eigenvalue weighted by Gasteiger charge is 2.44. The lowest BCUT2D eigenvalue weighted by Crippen LogP contribution is -2.38. The molecule has 5 heteroatoms. The van der Waals surface area contributed by atoms with Gasteiger partial charge in [0.2, 0.25) is 0 Å². The zero-order valence-corrected chi connectivity index (χ0v) is 14.0. The first-order chi connectivity index (χ1) is 11.6. The molecule has 2 fully saturated rings. The van der Waals surface area contributed by atoms with Gasteiger partial charge in [0.1, 0.15) is 0 Å². The second-order valence-corrected chi connectivity index (χ2v) is 7.16. The van der Waals surface area contributed by atoms with Gasteiger partial charge in [-0.3, -0.25) is 0 Å². The van der Waals surface area contributed by atoms with E-state index in [1.807, 2.05) is 30.3 Å². The molecule has 1 aliphatic carbocycles. The fourth-order valence-electron chi connectivity index (χ4n) is 3.94. The van der Waals surface area contributed by atoms with Crippen molar-refractivity contribution in [2.75, 3.05) is 19.7 Å². The summed E-state index contributed by atoms with van der Waals surface area (Å²) in [4.78, 5) is 12.5. The monoisotopic (exact) mass is 333 g/mol. The Kier molecular flexibility index (Phi) is 5.74. The molecule has 0 spiro atoms. The molecule has 5 nitrogen and oxygen atoms in total. The quantitative estimate of drug-likeness (QED) is 0.805. The molecule has 3 atom stereocenters. The zero-order valence-electron chi connectivity index (χ0n) is 14.0. The molecule has 1 heterocycles. The fraction of sp³-hybridized carbons (Fsp3) is 0.632. The lowest BCUT2D eigenvalue weighted by atomic mass is 9.90. The molecule has 1 aromatic carbocycles. The summed E-state index contributed by atoms with van der Waals surface area (Å²) in [6.45, 7) is 2.24. The highest BCUT2D eigenvalue weighted by molar-refractivity contribution is 5.64. The van der Waals surface area contributed by atoms with E-state index in [9.17, 15) is 9.90 Å². The summed E-state index contributed by atoms with van der Waals surface area (Å²) >= 11 is 0. The van der Waals surface area contributed by atoms with Gasteiger partial charge in [-0.15, -0.1) is 0 Å². The molecule has 24 heavy (non-hydrogen) atoms. The molecule has 1 amide bonds. The summed E-state index contributed by atoms with van der Waals surface area (Å²) in [7, 11) is 0. The summed E-state index contributed by atoms with van der Waals surface area (Å²) < 4.78 is 5.61. The molecule has 0 radical (unpaired) electrons. The molecule has 1 aromatic rings. The van der Waals surface area contributed by atoms with E-state index in [0.717, 1.165) is 24.8 Å². The van der Waals surface area contributed by atoms with Crippen molar-refractivity contribution in [3.8, 4) is 0 Å². The number of ether oxygens (including phenoxy) is 1. The topological polar surface area (TPSA) is 70.0 Å². The standard InChI is InChI=1S/C19H27NO4/c21-17(13-24-12-14-4-2-1-3-5-14)10-16-11-18(16)15-6-8-20(9-7-15)19(22)23/h1-5,15-18,21H,6-13H2,(H,22,23)/t16?,17-,18?/m1/s1. The predicted octanol–water partition coefficient (Wildman–Crippen LogP) is 2.98. The van der Waals surface area contributed by atoms with Crippen LogP contribution in [0.5, 0.6) is 0 Å². The van der Waals surface area contributed by atoms with E-state index in [-0.39, 0.29) is 0 Å². The summed E-state index contributed by atoms with van der Waals surface area (Å²) in [6.07, 6.45) is 2.71. The maximum absolute atomic E-state index is 10.9. The van der Waals surface area contributed by atoms with Gasteiger partial charge in [0.05, 0.1) is 19.3 Å². The first kappa shape index (κ1) is 17.2. The average Bonchev–Trinajstić information content (AvgIpc) is 3.35. The number of carboxylic acid groups (broad SMARTS) is 1. The van der Waals surface area contributed by atoms with Crippen molar-refractivity contribution in [1.29, 1.82) is 0 Å². The van der Waals surface area contributed by atoms with Crippen molar-refractivity contribution in [2.24, 2.45) is 17.8 Å². The summed E-state index contributed by atoms with van der Waals surface area (Å²) in [6, 6.07) is 9.99. The Hall–Kier alpha value is -1.59. The molecular formula is C19H27NO4. The summed E-state index contributed by atoms with van der Waals surface area (Å²) in [5, 5.41) is 19.2. The number of amides is 1. The van der Waals surface area contributed by atoms with Crippen molar-refractivity contribution in [3.63, 3.8) is 0 Å². The Bertz CT molecular complexity index is 527. The number of likely N-dealkylation sites (tertiary alicyclic amines) is 1. The number of rotatable bonds is 7. The minimum Gasteiger partial charge on any atom is -0.465 e. The van der Waals surface area contributed by atoms with Gasteiger partial charge in [0, 0.05) is 13.1 Å². The Labute approximate surface area is 143 Å². The van der Waals surface area contributed by atoms with E-state index in [1.165, 1.54) is 11.3 Å². The van der Waals surface area contributed by atoms with Gasteiger partial charge in [-0.2, -0.15) is 0 Å². The lowest BCUT2D eigenvalue weighted by molar-refractivity contribution is 0.0204. The van der Waals surface area contributed by atoms with Crippen LogP contribution in [0, 0.1) is 17.8 Å². The number of benzene rings is 1. The van der Waals surface area contributed by atoms with Gasteiger partial charge >= 0.3 is 6.09 Å². The first-order valence-corrected chi connectivity index (χ1v) is 8.91. The number of hydrogen-bond acceptors (Lipinski definition) is 3. The van der Waals surface area contributed by atoms with Gasteiger partial charge in [-0.1, -0.05) is 30.3 Å². The number of aliphatic hydroxyl groups is 1. The van der Waals surface area contributed by atoms with Crippen LogP contribution < -0.4 is 0 Å². The van der Waals surface area contributed by atoms with E-state index >= 15 is 0 Å². The molecule has 132 valence electrons. The van der Waals surface area contributed by atoms with Crippen LogP contribution in [0.4, 0.5) is 4.79 Å². The van der Waals surface area contributed by atoms with Crippen LogP contribution in [-0.4, -0.2) is 47.0 Å². The second-order valence-electron chi connectivity index (χ2n) is 7.16. The molecule has 1 aliphatic heterocycles. The number of piperidine rings is 1. The van der Waals surface area contributed by atoms with Crippen LogP contribution in [-0.2, 0) is 11.3 Å². The zero-order chi connectivity index (χ0) is 16.9. The SMILES string of the molecule is O=C(O)N1CCC(C2CC2C[C@@H](O)COCc2ccccc2)CC1. The Balaban J connectivity index is 1.31. The van der Waals surface area contributed by atoms with Gasteiger partial charge in [-0.05, 0) is 49.0 Å². The lowest BCUT2D eigenvalue weighted by Gasteiger charge is -2.30. The third-order valence-electron chi connectivity index (χ3n) is 5.39. The van der Waals surface area contributed by atoms with Gasteiger partial charge in [0.15, 0.2) is 0 Å². The van der Waals surface area contributed by atoms with Gasteiger partial charge in [0.25, 0.3) is 0 Å². The number of carbonyl (C=O) groups is 1. The van der Waals surface area contributed by atoms with E-state index in [0.29, 0.717) is 44.1 Å². The minimum atomic E-state index is -0.799. The molecule has 0 bridgehead atoms. The van der Waals surface area contributed by atoms with E-state index in [1.54, 1.807) is 0 Å². The number of hydrogen-bond donors (Lipinski definition) is 2.